The Balaban J connectivity index is 1.85. The Hall–Kier alpha value is -2.86. The normalized spacial score (nSPS) is 10.8. The first-order valence-electron chi connectivity index (χ1n) is 7.16. The molecule has 2 heterocycles. The number of hydrogen-bond donors (Lipinski definition) is 4. The van der Waals surface area contributed by atoms with Crippen LogP contribution in [-0.2, 0) is 9.59 Å². The number of carbonyl (C=O) groups is 2. The number of rotatable bonds is 8. The van der Waals surface area contributed by atoms with Crippen LogP contribution >= 0.6 is 23.5 Å². The van der Waals surface area contributed by atoms with Crippen molar-refractivity contribution in [3.63, 3.8) is 0 Å². The van der Waals surface area contributed by atoms with Gasteiger partial charge < -0.3 is 10.2 Å². The van der Waals surface area contributed by atoms with Gasteiger partial charge in [-0.1, -0.05) is 47.8 Å². The Morgan fingerprint density at radius 1 is 0.846 bits per heavy atom. The maximum atomic E-state index is 10.6. The molecular formula is C14H12N6O4S2. The van der Waals surface area contributed by atoms with E-state index in [9.17, 15) is 9.59 Å². The summed E-state index contributed by atoms with van der Waals surface area (Å²) in [4.78, 5) is 29.9. The second-order valence-electron chi connectivity index (χ2n) is 4.84. The number of thioether (sulfide) groups is 2. The minimum atomic E-state index is -0.949. The molecular weight excluding hydrogens is 380 g/mol. The van der Waals surface area contributed by atoms with Crippen molar-refractivity contribution in [2.75, 3.05) is 11.5 Å². The summed E-state index contributed by atoms with van der Waals surface area (Å²) in [5.74, 6) is -1.24. The van der Waals surface area contributed by atoms with Crippen LogP contribution in [0.3, 0.4) is 0 Å². The van der Waals surface area contributed by atoms with E-state index in [1.54, 1.807) is 0 Å². The number of nitrogens with one attached hydrogen (secondary N) is 2. The van der Waals surface area contributed by atoms with Crippen molar-refractivity contribution in [1.29, 1.82) is 0 Å². The largest absolute Gasteiger partial charge is 0.481 e. The molecule has 0 unspecified atom stereocenters. The second kappa shape index (κ2) is 8.01. The van der Waals surface area contributed by atoms with Crippen LogP contribution in [0.2, 0.25) is 0 Å². The molecule has 0 amide bonds. The van der Waals surface area contributed by atoms with Crippen LogP contribution in [0, 0.1) is 0 Å². The van der Waals surface area contributed by atoms with Gasteiger partial charge in [0.2, 0.25) is 10.3 Å². The molecule has 26 heavy (non-hydrogen) atoms. The molecule has 0 saturated carbocycles. The molecule has 134 valence electrons. The zero-order chi connectivity index (χ0) is 18.5. The van der Waals surface area contributed by atoms with Gasteiger partial charge in [0.15, 0.2) is 11.6 Å². The van der Waals surface area contributed by atoms with Crippen LogP contribution in [-0.4, -0.2) is 64.0 Å². The number of hydrogen-bond acceptors (Lipinski definition) is 8. The molecule has 0 atom stereocenters. The third kappa shape index (κ3) is 4.40. The van der Waals surface area contributed by atoms with Crippen molar-refractivity contribution in [3.8, 4) is 22.8 Å². The lowest BCUT2D eigenvalue weighted by molar-refractivity contribution is -0.134. The van der Waals surface area contributed by atoms with Gasteiger partial charge in [-0.15, -0.1) is 10.2 Å². The first-order chi connectivity index (χ1) is 12.5. The van der Waals surface area contributed by atoms with E-state index >= 15 is 0 Å². The molecule has 0 aliphatic carbocycles. The lowest BCUT2D eigenvalue weighted by Gasteiger charge is -2.03. The van der Waals surface area contributed by atoms with Crippen LogP contribution < -0.4 is 0 Å². The van der Waals surface area contributed by atoms with Crippen LogP contribution in [0.5, 0.6) is 0 Å². The molecule has 0 radical (unpaired) electrons. The van der Waals surface area contributed by atoms with Crippen molar-refractivity contribution in [3.05, 3.63) is 24.3 Å². The van der Waals surface area contributed by atoms with Crippen LogP contribution in [0.15, 0.2) is 34.6 Å². The van der Waals surface area contributed by atoms with E-state index in [-0.39, 0.29) is 11.5 Å². The number of benzene rings is 1. The number of aromatic amines is 2. The van der Waals surface area contributed by atoms with Crippen LogP contribution in [0.4, 0.5) is 0 Å². The Morgan fingerprint density at radius 2 is 1.27 bits per heavy atom. The Labute approximate surface area is 154 Å². The van der Waals surface area contributed by atoms with Crippen molar-refractivity contribution in [2.24, 2.45) is 0 Å². The molecule has 2 aromatic heterocycles. The summed E-state index contributed by atoms with van der Waals surface area (Å²) in [6, 6.07) is 7.27. The number of aromatic nitrogens is 6. The lowest BCUT2D eigenvalue weighted by atomic mass is 10.1. The summed E-state index contributed by atoms with van der Waals surface area (Å²) in [6.45, 7) is 0. The highest BCUT2D eigenvalue weighted by molar-refractivity contribution is 8.00. The summed E-state index contributed by atoms with van der Waals surface area (Å²) in [5.41, 5.74) is 1.40. The molecule has 0 fully saturated rings. The Bertz CT molecular complexity index is 866. The third-order valence-corrected chi connectivity index (χ3v) is 4.68. The van der Waals surface area contributed by atoms with Crippen molar-refractivity contribution < 1.29 is 19.8 Å². The third-order valence-electron chi connectivity index (χ3n) is 3.02. The topological polar surface area (TPSA) is 158 Å². The molecule has 10 nitrogen and oxygen atoms in total. The van der Waals surface area contributed by atoms with E-state index < -0.39 is 11.9 Å². The second-order valence-corrected chi connectivity index (χ2v) is 6.73. The number of carboxylic acids is 2. The van der Waals surface area contributed by atoms with Gasteiger partial charge in [0.05, 0.1) is 11.5 Å². The highest BCUT2D eigenvalue weighted by atomic mass is 32.2. The minimum absolute atomic E-state index is 0.134. The monoisotopic (exact) mass is 392 g/mol. The van der Waals surface area contributed by atoms with Gasteiger partial charge in [-0.3, -0.25) is 19.8 Å². The maximum absolute atomic E-state index is 10.6. The maximum Gasteiger partial charge on any atom is 0.313 e. The predicted octanol–water partition coefficient (Wildman–Crippen LogP) is 1.61. The van der Waals surface area contributed by atoms with Gasteiger partial charge in [0.1, 0.15) is 0 Å². The van der Waals surface area contributed by atoms with Crippen LogP contribution in [0.25, 0.3) is 22.8 Å². The number of aliphatic carboxylic acids is 2. The molecule has 4 N–H and O–H groups in total. The van der Waals surface area contributed by atoms with Crippen molar-refractivity contribution >= 4 is 35.5 Å². The van der Waals surface area contributed by atoms with Gasteiger partial charge in [-0.2, -0.15) is 0 Å². The van der Waals surface area contributed by atoms with E-state index in [0.717, 1.165) is 23.5 Å². The van der Waals surface area contributed by atoms with E-state index in [1.807, 2.05) is 24.3 Å². The molecule has 1 aromatic carbocycles. The minimum Gasteiger partial charge on any atom is -0.481 e. The Morgan fingerprint density at radius 3 is 1.65 bits per heavy atom. The molecule has 0 saturated heterocycles. The average molecular weight is 392 g/mol. The molecule has 12 heteroatoms. The summed E-state index contributed by atoms with van der Waals surface area (Å²) in [7, 11) is 0. The fraction of sp³-hybridized carbons (Fsp3) is 0.143. The van der Waals surface area contributed by atoms with E-state index in [0.29, 0.717) is 33.1 Å². The zero-order valence-electron chi connectivity index (χ0n) is 13.0. The van der Waals surface area contributed by atoms with Crippen LogP contribution in [0.1, 0.15) is 0 Å². The van der Waals surface area contributed by atoms with E-state index in [1.165, 1.54) is 0 Å². The first kappa shape index (κ1) is 17.9. The standard InChI is InChI=1S/C14H12N6O4S2/c21-9(22)5-25-13-15-11(17-19-13)7-3-1-2-4-8(7)12-16-14(20-18-12)26-6-10(23)24/h1-4H,5-6H2,(H,21,22)(H,23,24)(H,15,17,19)(H,16,18,20). The SMILES string of the molecule is O=C(O)CSc1n[nH]c(-c2ccccc2-c2nc(SCC(=O)O)n[nH]2)n1. The summed E-state index contributed by atoms with van der Waals surface area (Å²) in [5, 5.41) is 31.7. The smallest absolute Gasteiger partial charge is 0.313 e. The lowest BCUT2D eigenvalue weighted by Crippen LogP contribution is -1.97. The number of H-pyrrole nitrogens is 2. The average Bonchev–Trinajstić information content (AvgIpc) is 3.27. The quantitative estimate of drug-likeness (QED) is 0.415. The Kier molecular flexibility index (Phi) is 5.53. The fourth-order valence-corrected chi connectivity index (χ4v) is 3.05. The number of nitrogens with zero attached hydrogens (tertiary/aromatic N) is 4. The fourth-order valence-electron chi connectivity index (χ4n) is 2.01. The first-order valence-corrected chi connectivity index (χ1v) is 9.14. The van der Waals surface area contributed by atoms with E-state index in [4.69, 9.17) is 10.2 Å². The summed E-state index contributed by atoms with van der Waals surface area (Å²) < 4.78 is 0. The van der Waals surface area contributed by atoms with Gasteiger partial charge in [-0.25, -0.2) is 9.97 Å². The highest BCUT2D eigenvalue weighted by Gasteiger charge is 2.15. The molecule has 0 spiro atoms. The van der Waals surface area contributed by atoms with Gasteiger partial charge in [0.25, 0.3) is 0 Å². The van der Waals surface area contributed by atoms with Crippen molar-refractivity contribution in [2.45, 2.75) is 10.3 Å². The number of carboxylic acid groups (broad SMARTS) is 2. The molecule has 3 rings (SSSR count). The molecule has 0 aliphatic heterocycles. The van der Waals surface area contributed by atoms with Gasteiger partial charge in [0, 0.05) is 11.1 Å². The van der Waals surface area contributed by atoms with Gasteiger partial charge >= 0.3 is 11.9 Å². The summed E-state index contributed by atoms with van der Waals surface area (Å²) >= 11 is 2.02. The van der Waals surface area contributed by atoms with Gasteiger partial charge in [-0.05, 0) is 0 Å². The molecule has 0 aliphatic rings. The van der Waals surface area contributed by atoms with E-state index in [2.05, 4.69) is 30.4 Å². The summed E-state index contributed by atoms with van der Waals surface area (Å²) in [6.07, 6.45) is 0. The predicted molar refractivity (Wildman–Crippen MR) is 93.9 cm³/mol. The molecule has 3 aromatic rings. The zero-order valence-corrected chi connectivity index (χ0v) is 14.7. The molecule has 0 bridgehead atoms. The van der Waals surface area contributed by atoms with Crippen molar-refractivity contribution in [1.82, 2.24) is 30.4 Å². The highest BCUT2D eigenvalue weighted by Crippen LogP contribution is 2.29.